The highest BCUT2D eigenvalue weighted by Gasteiger charge is 1.96. The van der Waals surface area contributed by atoms with E-state index in [0.29, 0.717) is 0 Å². The molecule has 3 heteroatoms. The van der Waals surface area contributed by atoms with Crippen LogP contribution >= 0.6 is 15.9 Å². The summed E-state index contributed by atoms with van der Waals surface area (Å²) in [7, 11) is 0. The second-order valence-corrected chi connectivity index (χ2v) is 3.72. The number of nitrogens with zero attached hydrogens (tertiary/aromatic N) is 1. The first kappa shape index (κ1) is 10.2. The van der Waals surface area contributed by atoms with Gasteiger partial charge in [0.1, 0.15) is 0 Å². The van der Waals surface area contributed by atoms with Crippen LogP contribution in [0.25, 0.3) is 0 Å². The lowest BCUT2D eigenvalue weighted by Crippen LogP contribution is -1.92. The predicted molar refractivity (Wildman–Crippen MR) is 66.6 cm³/mol. The van der Waals surface area contributed by atoms with Crippen LogP contribution in [0.15, 0.2) is 48.7 Å². The Morgan fingerprint density at radius 1 is 1.07 bits per heavy atom. The molecule has 0 atom stereocenters. The van der Waals surface area contributed by atoms with Crippen molar-refractivity contribution in [3.05, 3.63) is 54.4 Å². The monoisotopic (exact) mass is 262 g/mol. The molecule has 1 heterocycles. The maximum absolute atomic E-state index is 4.21. The molecule has 2 aromatic rings. The fourth-order valence-corrected chi connectivity index (χ4v) is 1.62. The highest BCUT2D eigenvalue weighted by atomic mass is 79.9. The van der Waals surface area contributed by atoms with Gasteiger partial charge in [-0.1, -0.05) is 34.1 Å². The summed E-state index contributed by atoms with van der Waals surface area (Å²) in [6, 6.07) is 14.1. The van der Waals surface area contributed by atoms with E-state index in [1.54, 1.807) is 0 Å². The molecule has 0 amide bonds. The molecule has 0 saturated carbocycles. The summed E-state index contributed by atoms with van der Waals surface area (Å²) in [4.78, 5) is 4.21. The Hall–Kier alpha value is -1.35. The molecule has 0 aliphatic heterocycles. The quantitative estimate of drug-likeness (QED) is 0.853. The van der Waals surface area contributed by atoms with E-state index in [9.17, 15) is 0 Å². The third-order valence-electron chi connectivity index (χ3n) is 2.02. The summed E-state index contributed by atoms with van der Waals surface area (Å²) in [5, 5.41) is 4.09. The average molecular weight is 263 g/mol. The van der Waals surface area contributed by atoms with Crippen molar-refractivity contribution in [2.75, 3.05) is 5.32 Å². The number of alkyl halides is 1. The van der Waals surface area contributed by atoms with Crippen molar-refractivity contribution in [3.8, 4) is 0 Å². The van der Waals surface area contributed by atoms with Crippen LogP contribution in [-0.2, 0) is 5.33 Å². The largest absolute Gasteiger partial charge is 0.355 e. The first-order valence-electron chi connectivity index (χ1n) is 4.71. The van der Waals surface area contributed by atoms with Crippen LogP contribution in [0.3, 0.4) is 0 Å². The third kappa shape index (κ3) is 2.80. The van der Waals surface area contributed by atoms with Gasteiger partial charge in [-0.3, -0.25) is 4.98 Å². The number of aromatic nitrogens is 1. The van der Waals surface area contributed by atoms with Gasteiger partial charge in [0.15, 0.2) is 0 Å². The van der Waals surface area contributed by atoms with Gasteiger partial charge in [0.25, 0.3) is 0 Å². The zero-order chi connectivity index (χ0) is 10.5. The molecule has 15 heavy (non-hydrogen) atoms. The molecule has 0 aliphatic rings. The number of anilines is 2. The molecule has 0 unspecified atom stereocenters. The lowest BCUT2D eigenvalue weighted by atomic mass is 10.3. The van der Waals surface area contributed by atoms with Crippen molar-refractivity contribution >= 4 is 27.3 Å². The minimum Gasteiger partial charge on any atom is -0.355 e. The van der Waals surface area contributed by atoms with Crippen molar-refractivity contribution in [1.29, 1.82) is 0 Å². The Morgan fingerprint density at radius 2 is 1.87 bits per heavy atom. The molecule has 1 aromatic carbocycles. The lowest BCUT2D eigenvalue weighted by Gasteiger charge is -2.06. The minimum atomic E-state index is 0.775. The normalized spacial score (nSPS) is 9.93. The Morgan fingerprint density at radius 3 is 2.60 bits per heavy atom. The fraction of sp³-hybridized carbons (Fsp3) is 0.0833. The standard InChI is InChI=1S/C12H11BrN2/c13-9-12-8-11(6-7-14-12)15-10-4-2-1-3-5-10/h1-8H,9H2,(H,14,15). The van der Waals surface area contributed by atoms with Gasteiger partial charge in [0, 0.05) is 22.9 Å². The minimum absolute atomic E-state index is 0.775. The van der Waals surface area contributed by atoms with Crippen LogP contribution in [0.2, 0.25) is 0 Å². The van der Waals surface area contributed by atoms with E-state index in [1.165, 1.54) is 0 Å². The number of hydrogen-bond acceptors (Lipinski definition) is 2. The van der Waals surface area contributed by atoms with Gasteiger partial charge in [-0.05, 0) is 24.3 Å². The van der Waals surface area contributed by atoms with E-state index in [1.807, 2.05) is 48.7 Å². The van der Waals surface area contributed by atoms with E-state index < -0.39 is 0 Å². The van der Waals surface area contributed by atoms with E-state index in [-0.39, 0.29) is 0 Å². The first-order chi connectivity index (χ1) is 7.38. The maximum Gasteiger partial charge on any atom is 0.0529 e. The van der Waals surface area contributed by atoms with Crippen LogP contribution in [0.1, 0.15) is 5.69 Å². The van der Waals surface area contributed by atoms with Crippen molar-refractivity contribution in [1.82, 2.24) is 4.98 Å². The SMILES string of the molecule is BrCc1cc(Nc2ccccc2)ccn1. The number of para-hydroxylation sites is 1. The van der Waals surface area contributed by atoms with Crippen LogP contribution in [0.5, 0.6) is 0 Å². The van der Waals surface area contributed by atoms with E-state index in [4.69, 9.17) is 0 Å². The van der Waals surface area contributed by atoms with Crippen molar-refractivity contribution < 1.29 is 0 Å². The van der Waals surface area contributed by atoms with Gasteiger partial charge in [-0.2, -0.15) is 0 Å². The zero-order valence-corrected chi connectivity index (χ0v) is 9.74. The molecule has 2 rings (SSSR count). The van der Waals surface area contributed by atoms with E-state index >= 15 is 0 Å². The maximum atomic E-state index is 4.21. The Labute approximate surface area is 97.5 Å². The molecule has 2 nitrogen and oxygen atoms in total. The first-order valence-corrected chi connectivity index (χ1v) is 5.83. The summed E-state index contributed by atoms with van der Waals surface area (Å²) in [6.07, 6.45) is 1.81. The second-order valence-electron chi connectivity index (χ2n) is 3.16. The molecule has 0 fully saturated rings. The Kier molecular flexibility index (Phi) is 3.35. The highest BCUT2D eigenvalue weighted by molar-refractivity contribution is 9.08. The molecule has 0 saturated heterocycles. The molecule has 0 bridgehead atoms. The molecule has 0 radical (unpaired) electrons. The average Bonchev–Trinajstić information content (AvgIpc) is 2.31. The molecule has 0 aliphatic carbocycles. The summed E-state index contributed by atoms with van der Waals surface area (Å²) in [5.41, 5.74) is 3.17. The molecule has 0 spiro atoms. The van der Waals surface area contributed by atoms with Crippen LogP contribution in [0.4, 0.5) is 11.4 Å². The number of halogens is 1. The van der Waals surface area contributed by atoms with E-state index in [2.05, 4.69) is 26.2 Å². The number of nitrogens with one attached hydrogen (secondary N) is 1. The Balaban J connectivity index is 2.17. The number of benzene rings is 1. The zero-order valence-electron chi connectivity index (χ0n) is 8.15. The van der Waals surface area contributed by atoms with Crippen LogP contribution in [0, 0.1) is 0 Å². The molecular weight excluding hydrogens is 252 g/mol. The number of hydrogen-bond donors (Lipinski definition) is 1. The molecular formula is C12H11BrN2. The van der Waals surface area contributed by atoms with Crippen molar-refractivity contribution in [3.63, 3.8) is 0 Å². The van der Waals surface area contributed by atoms with Crippen LogP contribution < -0.4 is 5.32 Å². The van der Waals surface area contributed by atoms with Gasteiger partial charge in [-0.15, -0.1) is 0 Å². The highest BCUT2D eigenvalue weighted by Crippen LogP contribution is 2.16. The smallest absolute Gasteiger partial charge is 0.0529 e. The molecule has 1 N–H and O–H groups in total. The number of rotatable bonds is 3. The van der Waals surface area contributed by atoms with Gasteiger partial charge in [0.2, 0.25) is 0 Å². The fourth-order valence-electron chi connectivity index (χ4n) is 1.32. The summed E-state index contributed by atoms with van der Waals surface area (Å²) >= 11 is 3.39. The predicted octanol–water partition coefficient (Wildman–Crippen LogP) is 3.72. The van der Waals surface area contributed by atoms with Crippen LogP contribution in [-0.4, -0.2) is 4.98 Å². The molecule has 1 aromatic heterocycles. The van der Waals surface area contributed by atoms with Gasteiger partial charge in [-0.25, -0.2) is 0 Å². The summed E-state index contributed by atoms with van der Waals surface area (Å²) in [5.74, 6) is 0. The third-order valence-corrected chi connectivity index (χ3v) is 2.59. The second kappa shape index (κ2) is 4.94. The lowest BCUT2D eigenvalue weighted by molar-refractivity contribution is 1.18. The van der Waals surface area contributed by atoms with Crippen molar-refractivity contribution in [2.45, 2.75) is 5.33 Å². The van der Waals surface area contributed by atoms with Gasteiger partial charge >= 0.3 is 0 Å². The van der Waals surface area contributed by atoms with Crippen molar-refractivity contribution in [2.24, 2.45) is 0 Å². The summed E-state index contributed by atoms with van der Waals surface area (Å²) < 4.78 is 0. The van der Waals surface area contributed by atoms with Gasteiger partial charge in [0.05, 0.1) is 5.69 Å². The topological polar surface area (TPSA) is 24.9 Å². The Bertz CT molecular complexity index is 429. The summed E-state index contributed by atoms with van der Waals surface area (Å²) in [6.45, 7) is 0. The van der Waals surface area contributed by atoms with Gasteiger partial charge < -0.3 is 5.32 Å². The molecule has 76 valence electrons. The number of pyridine rings is 1. The van der Waals surface area contributed by atoms with E-state index in [0.717, 1.165) is 22.4 Å².